The van der Waals surface area contributed by atoms with Gasteiger partial charge in [0.25, 0.3) is 0 Å². The first-order chi connectivity index (χ1) is 18.1. The van der Waals surface area contributed by atoms with E-state index in [4.69, 9.17) is 26.0 Å². The SMILES string of the molecule is CCCCC[C@@H](CC[C@@H]1[C@H]2Cc3cccc(OCC(=O)O)c3C[C@H]2C[C@H]1OC(=O)C(C)N)CC(=O)C(C)N. The van der Waals surface area contributed by atoms with Crippen molar-refractivity contribution in [3.05, 3.63) is 29.3 Å². The Morgan fingerprint density at radius 2 is 1.84 bits per heavy atom. The number of carboxylic acid groups (broad SMARTS) is 1. The van der Waals surface area contributed by atoms with Crippen LogP contribution in [0, 0.1) is 23.7 Å². The molecule has 1 saturated carbocycles. The van der Waals surface area contributed by atoms with E-state index in [1.54, 1.807) is 13.8 Å². The zero-order valence-electron chi connectivity index (χ0n) is 23.2. The number of nitrogens with two attached hydrogens (primary N) is 2. The molecule has 0 aromatic heterocycles. The third kappa shape index (κ3) is 8.03. The van der Waals surface area contributed by atoms with Gasteiger partial charge in [0.15, 0.2) is 6.61 Å². The average Bonchev–Trinajstić information content (AvgIpc) is 3.19. The number of esters is 1. The second-order valence-corrected chi connectivity index (χ2v) is 11.5. The molecule has 2 unspecified atom stereocenters. The zero-order chi connectivity index (χ0) is 27.8. The van der Waals surface area contributed by atoms with E-state index in [1.807, 2.05) is 12.1 Å². The summed E-state index contributed by atoms with van der Waals surface area (Å²) >= 11 is 0. The number of benzene rings is 1. The number of hydrogen-bond acceptors (Lipinski definition) is 7. The summed E-state index contributed by atoms with van der Waals surface area (Å²) < 4.78 is 11.6. The number of carboxylic acids is 1. The summed E-state index contributed by atoms with van der Waals surface area (Å²) in [5, 5.41) is 9.07. The molecule has 7 atom stereocenters. The smallest absolute Gasteiger partial charge is 0.341 e. The predicted octanol–water partition coefficient (Wildman–Crippen LogP) is 4.04. The van der Waals surface area contributed by atoms with Crippen LogP contribution in [0.25, 0.3) is 0 Å². The maximum Gasteiger partial charge on any atom is 0.341 e. The standard InChI is InChI=1S/C30H46N2O6/c1-4-5-6-8-20(13-26(33)18(2)31)11-12-23-24-14-21-9-7-10-27(37-17-29(34)35)25(21)15-22(24)16-28(23)38-30(36)19(3)32/h7,9-10,18-20,22-24,28H,4-6,8,11-17,31-32H2,1-3H3,(H,34,35)/t18?,19?,20-,22-,23+,24-,28+/m0/s1. The van der Waals surface area contributed by atoms with Crippen molar-refractivity contribution < 1.29 is 29.0 Å². The molecule has 0 aliphatic heterocycles. The molecule has 0 radical (unpaired) electrons. The fourth-order valence-electron chi connectivity index (χ4n) is 6.37. The molecule has 212 valence electrons. The second kappa shape index (κ2) is 14.1. The van der Waals surface area contributed by atoms with E-state index >= 15 is 0 Å². The van der Waals surface area contributed by atoms with Crippen LogP contribution in [-0.2, 0) is 32.0 Å². The first-order valence-electron chi connectivity index (χ1n) is 14.3. The van der Waals surface area contributed by atoms with Crippen LogP contribution in [-0.4, -0.2) is 47.6 Å². The van der Waals surface area contributed by atoms with Gasteiger partial charge in [-0.25, -0.2) is 4.79 Å². The Morgan fingerprint density at radius 1 is 1.08 bits per heavy atom. The van der Waals surface area contributed by atoms with Gasteiger partial charge in [-0.3, -0.25) is 9.59 Å². The third-order valence-corrected chi connectivity index (χ3v) is 8.43. The Morgan fingerprint density at radius 3 is 2.50 bits per heavy atom. The predicted molar refractivity (Wildman–Crippen MR) is 146 cm³/mol. The Bertz CT molecular complexity index is 962. The molecule has 3 rings (SSSR count). The normalized spacial score (nSPS) is 24.6. The molecule has 1 aromatic carbocycles. The molecule has 2 aliphatic rings. The molecule has 0 bridgehead atoms. The van der Waals surface area contributed by atoms with E-state index in [1.165, 1.54) is 5.56 Å². The lowest BCUT2D eigenvalue weighted by Gasteiger charge is -2.33. The molecular weight excluding hydrogens is 484 g/mol. The highest BCUT2D eigenvalue weighted by molar-refractivity contribution is 5.83. The minimum absolute atomic E-state index is 0.108. The number of fused-ring (bicyclic) bond motifs is 2. The number of rotatable bonds is 15. The number of aliphatic carboxylic acids is 1. The van der Waals surface area contributed by atoms with Gasteiger partial charge in [0.1, 0.15) is 23.7 Å². The van der Waals surface area contributed by atoms with Crippen molar-refractivity contribution >= 4 is 17.7 Å². The summed E-state index contributed by atoms with van der Waals surface area (Å²) in [5.74, 6) is 0.442. The van der Waals surface area contributed by atoms with Crippen LogP contribution >= 0.6 is 0 Å². The van der Waals surface area contributed by atoms with E-state index in [9.17, 15) is 14.4 Å². The average molecular weight is 531 g/mol. The minimum atomic E-state index is -1.00. The molecule has 1 fully saturated rings. The summed E-state index contributed by atoms with van der Waals surface area (Å²) in [6.07, 6.45) is 8.79. The monoisotopic (exact) mass is 530 g/mol. The molecule has 8 heteroatoms. The van der Waals surface area contributed by atoms with Gasteiger partial charge in [-0.15, -0.1) is 0 Å². The number of ether oxygens (including phenoxy) is 2. The fourth-order valence-corrected chi connectivity index (χ4v) is 6.37. The van der Waals surface area contributed by atoms with Crippen molar-refractivity contribution in [2.75, 3.05) is 6.61 Å². The molecule has 2 aliphatic carbocycles. The highest BCUT2D eigenvalue weighted by Crippen LogP contribution is 2.50. The van der Waals surface area contributed by atoms with Crippen molar-refractivity contribution in [3.8, 4) is 5.75 Å². The number of carbonyl (C=O) groups excluding carboxylic acids is 2. The fraction of sp³-hybridized carbons (Fsp3) is 0.700. The molecular formula is C30H46N2O6. The molecule has 0 spiro atoms. The van der Waals surface area contributed by atoms with E-state index < -0.39 is 18.1 Å². The van der Waals surface area contributed by atoms with Crippen LogP contribution in [0.2, 0.25) is 0 Å². The van der Waals surface area contributed by atoms with Crippen molar-refractivity contribution in [2.24, 2.45) is 35.1 Å². The summed E-state index contributed by atoms with van der Waals surface area (Å²) in [5.41, 5.74) is 14.0. The van der Waals surface area contributed by atoms with Crippen LogP contribution < -0.4 is 16.2 Å². The van der Waals surface area contributed by atoms with Crippen LogP contribution in [0.1, 0.15) is 83.3 Å². The zero-order valence-corrected chi connectivity index (χ0v) is 23.2. The number of hydrogen-bond donors (Lipinski definition) is 3. The number of Topliss-reactive ketones (excluding diaryl/α,β-unsaturated/α-hetero) is 1. The van der Waals surface area contributed by atoms with Gasteiger partial charge in [-0.2, -0.15) is 0 Å². The van der Waals surface area contributed by atoms with Gasteiger partial charge in [-0.05, 0) is 86.8 Å². The maximum atomic E-state index is 12.5. The number of unbranched alkanes of at least 4 members (excludes halogenated alkanes) is 2. The molecule has 38 heavy (non-hydrogen) atoms. The van der Waals surface area contributed by atoms with Crippen molar-refractivity contribution in [1.29, 1.82) is 0 Å². The quantitative estimate of drug-likeness (QED) is 0.228. The summed E-state index contributed by atoms with van der Waals surface area (Å²) in [7, 11) is 0. The van der Waals surface area contributed by atoms with Crippen LogP contribution in [0.4, 0.5) is 0 Å². The summed E-state index contributed by atoms with van der Waals surface area (Å²) in [6.45, 7) is 5.20. The Labute approximate surface area is 226 Å². The Kier molecular flexibility index (Phi) is 11.2. The molecule has 0 heterocycles. The minimum Gasteiger partial charge on any atom is -0.482 e. The van der Waals surface area contributed by atoms with Gasteiger partial charge in [0, 0.05) is 6.42 Å². The van der Waals surface area contributed by atoms with E-state index in [0.29, 0.717) is 24.0 Å². The number of ketones is 1. The summed E-state index contributed by atoms with van der Waals surface area (Å²) in [4.78, 5) is 36.1. The maximum absolute atomic E-state index is 12.5. The number of carbonyl (C=O) groups is 3. The van der Waals surface area contributed by atoms with E-state index in [2.05, 4.69) is 13.0 Å². The Hall–Kier alpha value is -2.45. The van der Waals surface area contributed by atoms with Gasteiger partial charge < -0.3 is 26.0 Å². The van der Waals surface area contributed by atoms with Crippen molar-refractivity contribution in [3.63, 3.8) is 0 Å². The lowest BCUT2D eigenvalue weighted by Crippen LogP contribution is -2.35. The van der Waals surface area contributed by atoms with Gasteiger partial charge >= 0.3 is 11.9 Å². The molecule has 5 N–H and O–H groups in total. The molecule has 8 nitrogen and oxygen atoms in total. The van der Waals surface area contributed by atoms with Gasteiger partial charge in [-0.1, -0.05) is 44.7 Å². The van der Waals surface area contributed by atoms with E-state index in [-0.39, 0.29) is 36.3 Å². The summed E-state index contributed by atoms with van der Waals surface area (Å²) in [6, 6.07) is 4.70. The topological polar surface area (TPSA) is 142 Å². The molecule has 0 saturated heterocycles. The Balaban J connectivity index is 1.79. The second-order valence-electron chi connectivity index (χ2n) is 11.5. The van der Waals surface area contributed by atoms with Crippen LogP contribution in [0.5, 0.6) is 5.75 Å². The first kappa shape index (κ1) is 30.1. The lowest BCUT2D eigenvalue weighted by molar-refractivity contribution is -0.152. The largest absolute Gasteiger partial charge is 0.482 e. The van der Waals surface area contributed by atoms with Gasteiger partial charge in [0.05, 0.1) is 6.04 Å². The van der Waals surface area contributed by atoms with Crippen molar-refractivity contribution in [1.82, 2.24) is 0 Å². The lowest BCUT2D eigenvalue weighted by atomic mass is 9.73. The van der Waals surface area contributed by atoms with Gasteiger partial charge in [0.2, 0.25) is 0 Å². The third-order valence-electron chi connectivity index (χ3n) is 8.43. The molecule has 0 amide bonds. The van der Waals surface area contributed by atoms with Crippen LogP contribution in [0.3, 0.4) is 0 Å². The highest BCUT2D eigenvalue weighted by Gasteiger charge is 2.47. The highest BCUT2D eigenvalue weighted by atomic mass is 16.5. The molecule has 1 aromatic rings. The van der Waals surface area contributed by atoms with Crippen molar-refractivity contribution in [2.45, 2.75) is 103 Å². The first-order valence-corrected chi connectivity index (χ1v) is 14.3. The van der Waals surface area contributed by atoms with E-state index in [0.717, 1.165) is 63.4 Å². The van der Waals surface area contributed by atoms with Crippen LogP contribution in [0.15, 0.2) is 18.2 Å².